The lowest BCUT2D eigenvalue weighted by Crippen LogP contribution is -2.52. The number of likely N-dealkylation sites (N-methyl/N-ethyl adjacent to an activating group) is 1. The zero-order valence-corrected chi connectivity index (χ0v) is 14.0. The minimum Gasteiger partial charge on any atom is -0.313 e. The molecule has 0 bridgehead atoms. The monoisotopic (exact) mass is 280 g/mol. The summed E-state index contributed by atoms with van der Waals surface area (Å²) in [5, 5.41) is 3.78. The lowest BCUT2D eigenvalue weighted by atomic mass is 9.92. The zero-order chi connectivity index (χ0) is 14.4. The fourth-order valence-electron chi connectivity index (χ4n) is 4.83. The Labute approximate surface area is 126 Å². The lowest BCUT2D eigenvalue weighted by molar-refractivity contribution is 0.101. The minimum absolute atomic E-state index is 0.706. The van der Waals surface area contributed by atoms with Gasteiger partial charge in [0.2, 0.25) is 0 Å². The number of rotatable bonds is 8. The first-order chi connectivity index (χ1) is 9.81. The maximum absolute atomic E-state index is 3.78. The van der Waals surface area contributed by atoms with Crippen LogP contribution in [0.4, 0.5) is 0 Å². The van der Waals surface area contributed by atoms with Crippen LogP contribution in [0.2, 0.25) is 0 Å². The van der Waals surface area contributed by atoms with Crippen molar-refractivity contribution in [1.82, 2.24) is 10.2 Å². The third-order valence-electron chi connectivity index (χ3n) is 5.66. The molecule has 0 radical (unpaired) electrons. The summed E-state index contributed by atoms with van der Waals surface area (Å²) < 4.78 is 0. The highest BCUT2D eigenvalue weighted by Crippen LogP contribution is 2.37. The van der Waals surface area contributed by atoms with Gasteiger partial charge in [0.15, 0.2) is 0 Å². The van der Waals surface area contributed by atoms with E-state index in [4.69, 9.17) is 0 Å². The molecule has 118 valence electrons. The molecule has 3 unspecified atom stereocenters. The van der Waals surface area contributed by atoms with Crippen molar-refractivity contribution in [1.29, 1.82) is 0 Å². The van der Waals surface area contributed by atoms with Gasteiger partial charge in [0.25, 0.3) is 0 Å². The zero-order valence-electron chi connectivity index (χ0n) is 14.0. The molecule has 3 atom stereocenters. The maximum Gasteiger partial charge on any atom is 0.0249 e. The summed E-state index contributed by atoms with van der Waals surface area (Å²) in [5.74, 6) is 1.01. The predicted octanol–water partition coefficient (Wildman–Crippen LogP) is 4.20. The molecule has 1 saturated heterocycles. The smallest absolute Gasteiger partial charge is 0.0249 e. The quantitative estimate of drug-likeness (QED) is 0.717. The van der Waals surface area contributed by atoms with Crippen molar-refractivity contribution in [3.05, 3.63) is 0 Å². The Kier molecular flexibility index (Phi) is 6.83. The van der Waals surface area contributed by atoms with E-state index in [9.17, 15) is 0 Å². The molecule has 1 N–H and O–H groups in total. The van der Waals surface area contributed by atoms with Gasteiger partial charge in [-0.15, -0.1) is 0 Å². The van der Waals surface area contributed by atoms with Crippen LogP contribution in [0.3, 0.4) is 0 Å². The van der Waals surface area contributed by atoms with E-state index in [1.807, 2.05) is 0 Å². The Bertz CT molecular complexity index is 254. The van der Waals surface area contributed by atoms with Crippen molar-refractivity contribution < 1.29 is 0 Å². The van der Waals surface area contributed by atoms with Crippen molar-refractivity contribution in [2.45, 2.75) is 96.7 Å². The first-order valence-electron chi connectivity index (χ1n) is 9.30. The van der Waals surface area contributed by atoms with Crippen LogP contribution in [0.1, 0.15) is 78.6 Å². The molecule has 0 amide bonds. The molecule has 0 aromatic rings. The summed E-state index contributed by atoms with van der Waals surface area (Å²) in [6.07, 6.45) is 12.8. The summed E-state index contributed by atoms with van der Waals surface area (Å²) in [5.41, 5.74) is 0. The molecule has 2 fully saturated rings. The standard InChI is InChI=1S/C18H36N2/c1-4-10-16(19-6-3)17(5-2)20-14-9-13-18(20)15-11-7-8-12-15/h15-19H,4-14H2,1-3H3. The van der Waals surface area contributed by atoms with E-state index in [1.165, 1.54) is 64.3 Å². The van der Waals surface area contributed by atoms with Crippen molar-refractivity contribution in [3.8, 4) is 0 Å². The van der Waals surface area contributed by atoms with Gasteiger partial charge in [-0.2, -0.15) is 0 Å². The molecule has 20 heavy (non-hydrogen) atoms. The van der Waals surface area contributed by atoms with Crippen LogP contribution in [0.15, 0.2) is 0 Å². The van der Waals surface area contributed by atoms with Gasteiger partial charge in [0.05, 0.1) is 0 Å². The highest BCUT2D eigenvalue weighted by Gasteiger charge is 2.38. The van der Waals surface area contributed by atoms with Crippen LogP contribution in [-0.4, -0.2) is 36.1 Å². The molecule has 0 spiro atoms. The van der Waals surface area contributed by atoms with Crippen LogP contribution in [-0.2, 0) is 0 Å². The highest BCUT2D eigenvalue weighted by atomic mass is 15.2. The van der Waals surface area contributed by atoms with E-state index >= 15 is 0 Å². The second-order valence-corrected chi connectivity index (χ2v) is 6.92. The van der Waals surface area contributed by atoms with Crippen LogP contribution >= 0.6 is 0 Å². The third-order valence-corrected chi connectivity index (χ3v) is 5.66. The van der Waals surface area contributed by atoms with Gasteiger partial charge in [0.1, 0.15) is 0 Å². The van der Waals surface area contributed by atoms with E-state index in [0.29, 0.717) is 6.04 Å². The number of nitrogens with zero attached hydrogens (tertiary/aromatic N) is 1. The van der Waals surface area contributed by atoms with E-state index in [0.717, 1.165) is 24.5 Å². The molecular weight excluding hydrogens is 244 g/mol. The molecule has 0 aromatic heterocycles. The van der Waals surface area contributed by atoms with E-state index < -0.39 is 0 Å². The molecule has 2 nitrogen and oxygen atoms in total. The summed E-state index contributed by atoms with van der Waals surface area (Å²) in [7, 11) is 0. The van der Waals surface area contributed by atoms with Gasteiger partial charge in [0, 0.05) is 18.1 Å². The number of hydrogen-bond acceptors (Lipinski definition) is 2. The molecule has 2 aliphatic rings. The molecule has 0 aromatic carbocycles. The summed E-state index contributed by atoms with van der Waals surface area (Å²) in [6.45, 7) is 9.45. The largest absolute Gasteiger partial charge is 0.313 e. The number of nitrogens with one attached hydrogen (secondary N) is 1. The summed E-state index contributed by atoms with van der Waals surface area (Å²) >= 11 is 0. The SMILES string of the molecule is CCCC(NCC)C(CC)N1CCCC1C1CCCC1. The Hall–Kier alpha value is -0.0800. The van der Waals surface area contributed by atoms with Gasteiger partial charge >= 0.3 is 0 Å². The van der Waals surface area contributed by atoms with Crippen molar-refractivity contribution >= 4 is 0 Å². The minimum atomic E-state index is 0.706. The fraction of sp³-hybridized carbons (Fsp3) is 1.00. The average Bonchev–Trinajstić information content (AvgIpc) is 3.10. The van der Waals surface area contributed by atoms with Gasteiger partial charge < -0.3 is 5.32 Å². The Morgan fingerprint density at radius 1 is 1.05 bits per heavy atom. The van der Waals surface area contributed by atoms with E-state index in [-0.39, 0.29) is 0 Å². The molecule has 1 aliphatic carbocycles. The Morgan fingerprint density at radius 3 is 2.40 bits per heavy atom. The van der Waals surface area contributed by atoms with E-state index in [1.54, 1.807) is 0 Å². The normalized spacial score (nSPS) is 28.1. The highest BCUT2D eigenvalue weighted by molar-refractivity contribution is 4.94. The second-order valence-electron chi connectivity index (χ2n) is 6.92. The third kappa shape index (κ3) is 3.76. The van der Waals surface area contributed by atoms with Crippen molar-refractivity contribution in [2.75, 3.05) is 13.1 Å². The molecule has 1 saturated carbocycles. The van der Waals surface area contributed by atoms with Gasteiger partial charge in [-0.25, -0.2) is 0 Å². The van der Waals surface area contributed by atoms with Gasteiger partial charge in [-0.05, 0) is 57.5 Å². The number of hydrogen-bond donors (Lipinski definition) is 1. The van der Waals surface area contributed by atoms with Crippen LogP contribution in [0.5, 0.6) is 0 Å². The van der Waals surface area contributed by atoms with Crippen LogP contribution in [0.25, 0.3) is 0 Å². The summed E-state index contributed by atoms with van der Waals surface area (Å²) in [4.78, 5) is 2.92. The maximum atomic E-state index is 3.78. The van der Waals surface area contributed by atoms with Crippen LogP contribution < -0.4 is 5.32 Å². The van der Waals surface area contributed by atoms with Crippen LogP contribution in [0, 0.1) is 5.92 Å². The van der Waals surface area contributed by atoms with Gasteiger partial charge in [-0.1, -0.05) is 40.0 Å². The molecule has 1 heterocycles. The topological polar surface area (TPSA) is 15.3 Å². The molecule has 2 rings (SSSR count). The lowest BCUT2D eigenvalue weighted by Gasteiger charge is -2.40. The Balaban J connectivity index is 2.03. The Morgan fingerprint density at radius 2 is 1.80 bits per heavy atom. The van der Waals surface area contributed by atoms with Gasteiger partial charge in [-0.3, -0.25) is 4.90 Å². The molecule has 1 aliphatic heterocycles. The van der Waals surface area contributed by atoms with Crippen molar-refractivity contribution in [2.24, 2.45) is 5.92 Å². The average molecular weight is 280 g/mol. The first kappa shape index (κ1) is 16.3. The van der Waals surface area contributed by atoms with Crippen molar-refractivity contribution in [3.63, 3.8) is 0 Å². The second kappa shape index (κ2) is 8.38. The summed E-state index contributed by atoms with van der Waals surface area (Å²) in [6, 6.07) is 2.38. The fourth-order valence-corrected chi connectivity index (χ4v) is 4.83. The number of likely N-dealkylation sites (tertiary alicyclic amines) is 1. The first-order valence-corrected chi connectivity index (χ1v) is 9.30. The van der Waals surface area contributed by atoms with E-state index in [2.05, 4.69) is 31.0 Å². The molecule has 2 heteroatoms. The molecular formula is C18H36N2. The predicted molar refractivity (Wildman–Crippen MR) is 88.1 cm³/mol.